The van der Waals surface area contributed by atoms with Gasteiger partial charge in [0.05, 0.1) is 25.9 Å². The third kappa shape index (κ3) is 4.19. The molecule has 0 saturated heterocycles. The number of methoxy groups -OCH3 is 2. The van der Waals surface area contributed by atoms with Crippen molar-refractivity contribution in [2.75, 3.05) is 26.1 Å². The summed E-state index contributed by atoms with van der Waals surface area (Å²) in [6, 6.07) is 11.8. The van der Waals surface area contributed by atoms with Crippen LogP contribution >= 0.6 is 12.2 Å². The number of aromatic amines is 1. The Hall–Kier alpha value is -2.80. The second kappa shape index (κ2) is 7.85. The molecule has 0 amide bonds. The third-order valence-electron chi connectivity index (χ3n) is 3.85. The van der Waals surface area contributed by atoms with E-state index in [9.17, 15) is 0 Å². The Morgan fingerprint density at radius 2 is 1.96 bits per heavy atom. The number of anilines is 1. The topological polar surface area (TPSA) is 71.2 Å². The lowest BCUT2D eigenvalue weighted by atomic mass is 10.1. The van der Waals surface area contributed by atoms with Crippen LogP contribution in [-0.4, -0.2) is 36.1 Å². The number of benzene rings is 2. The molecule has 0 spiro atoms. The van der Waals surface area contributed by atoms with Crippen LogP contribution in [0.1, 0.15) is 5.56 Å². The number of thiocarbonyl (C=S) groups is 1. The van der Waals surface area contributed by atoms with Crippen LogP contribution < -0.4 is 20.1 Å². The van der Waals surface area contributed by atoms with E-state index in [0.717, 1.165) is 46.6 Å². The van der Waals surface area contributed by atoms with Crippen LogP contribution in [0.25, 0.3) is 10.9 Å². The number of nitrogens with zero attached hydrogens (tertiary/aromatic N) is 1. The monoisotopic (exact) mass is 356 g/mol. The second-order valence-electron chi connectivity index (χ2n) is 5.49. The third-order valence-corrected chi connectivity index (χ3v) is 4.09. The molecule has 0 bridgehead atoms. The lowest BCUT2D eigenvalue weighted by molar-refractivity contribution is 0.354. The number of ether oxygens (including phenoxy) is 2. The molecular formula is C18H20N4O2S. The number of nitrogens with one attached hydrogen (secondary N) is 3. The van der Waals surface area contributed by atoms with Crippen molar-refractivity contribution in [3.05, 3.63) is 48.2 Å². The SMILES string of the molecule is COc1ccc(CCNC(=S)Nc2ccc3[nH]ncc3c2)cc1OC. The highest BCUT2D eigenvalue weighted by atomic mass is 32.1. The minimum atomic E-state index is 0.586. The largest absolute Gasteiger partial charge is 0.493 e. The maximum atomic E-state index is 5.35. The first-order valence-electron chi connectivity index (χ1n) is 7.88. The molecule has 0 aliphatic carbocycles. The van der Waals surface area contributed by atoms with Gasteiger partial charge in [-0.3, -0.25) is 5.10 Å². The van der Waals surface area contributed by atoms with E-state index in [1.54, 1.807) is 20.4 Å². The molecule has 7 heteroatoms. The van der Waals surface area contributed by atoms with E-state index in [-0.39, 0.29) is 0 Å². The highest BCUT2D eigenvalue weighted by Crippen LogP contribution is 2.27. The summed E-state index contributed by atoms with van der Waals surface area (Å²) in [4.78, 5) is 0. The van der Waals surface area contributed by atoms with Gasteiger partial charge in [0.1, 0.15) is 0 Å². The lowest BCUT2D eigenvalue weighted by Crippen LogP contribution is -2.30. The molecular weight excluding hydrogens is 336 g/mol. The summed E-state index contributed by atoms with van der Waals surface area (Å²) in [7, 11) is 3.26. The van der Waals surface area contributed by atoms with Crippen molar-refractivity contribution in [1.82, 2.24) is 15.5 Å². The first-order valence-corrected chi connectivity index (χ1v) is 8.29. The maximum Gasteiger partial charge on any atom is 0.170 e. The predicted octanol–water partition coefficient (Wildman–Crippen LogP) is 3.11. The van der Waals surface area contributed by atoms with Crippen LogP contribution in [0, 0.1) is 0 Å². The molecule has 0 unspecified atom stereocenters. The zero-order valence-corrected chi connectivity index (χ0v) is 14.9. The van der Waals surface area contributed by atoms with Gasteiger partial charge in [-0.2, -0.15) is 5.10 Å². The van der Waals surface area contributed by atoms with Crippen molar-refractivity contribution in [2.45, 2.75) is 6.42 Å². The number of aromatic nitrogens is 2. The molecule has 0 saturated carbocycles. The highest BCUT2D eigenvalue weighted by Gasteiger charge is 2.05. The quantitative estimate of drug-likeness (QED) is 0.590. The van der Waals surface area contributed by atoms with Crippen molar-refractivity contribution < 1.29 is 9.47 Å². The van der Waals surface area contributed by atoms with Crippen molar-refractivity contribution in [2.24, 2.45) is 0 Å². The molecule has 25 heavy (non-hydrogen) atoms. The molecule has 0 aliphatic rings. The molecule has 1 aromatic heterocycles. The van der Waals surface area contributed by atoms with Crippen molar-refractivity contribution >= 4 is 33.9 Å². The Kier molecular flexibility index (Phi) is 5.35. The minimum absolute atomic E-state index is 0.586. The molecule has 3 N–H and O–H groups in total. The smallest absolute Gasteiger partial charge is 0.170 e. The zero-order chi connectivity index (χ0) is 17.6. The molecule has 0 atom stereocenters. The fraction of sp³-hybridized carbons (Fsp3) is 0.222. The predicted molar refractivity (Wildman–Crippen MR) is 104 cm³/mol. The van der Waals surface area contributed by atoms with E-state index < -0.39 is 0 Å². The molecule has 0 fully saturated rings. The van der Waals surface area contributed by atoms with Crippen LogP contribution in [0.4, 0.5) is 5.69 Å². The van der Waals surface area contributed by atoms with Gasteiger partial charge < -0.3 is 20.1 Å². The van der Waals surface area contributed by atoms with E-state index in [1.165, 1.54) is 0 Å². The number of hydrogen-bond donors (Lipinski definition) is 3. The molecule has 2 aromatic carbocycles. The zero-order valence-electron chi connectivity index (χ0n) is 14.1. The Labute approximate surface area is 151 Å². The first kappa shape index (κ1) is 17.0. The van der Waals surface area contributed by atoms with Crippen LogP contribution in [-0.2, 0) is 6.42 Å². The van der Waals surface area contributed by atoms with Crippen LogP contribution in [0.2, 0.25) is 0 Å². The Morgan fingerprint density at radius 1 is 1.12 bits per heavy atom. The van der Waals surface area contributed by atoms with Crippen LogP contribution in [0.5, 0.6) is 11.5 Å². The number of H-pyrrole nitrogens is 1. The fourth-order valence-corrected chi connectivity index (χ4v) is 2.77. The summed E-state index contributed by atoms with van der Waals surface area (Å²) < 4.78 is 10.6. The normalized spacial score (nSPS) is 10.5. The summed E-state index contributed by atoms with van der Waals surface area (Å²) in [6.45, 7) is 0.718. The van der Waals surface area contributed by atoms with Gasteiger partial charge in [-0.15, -0.1) is 0 Å². The van der Waals surface area contributed by atoms with E-state index in [1.807, 2.05) is 36.4 Å². The molecule has 3 aromatic rings. The molecule has 3 rings (SSSR count). The number of hydrogen-bond acceptors (Lipinski definition) is 4. The summed E-state index contributed by atoms with van der Waals surface area (Å²) >= 11 is 5.35. The van der Waals surface area contributed by atoms with Gasteiger partial charge in [-0.05, 0) is 54.5 Å². The summed E-state index contributed by atoms with van der Waals surface area (Å²) in [5.74, 6) is 1.46. The fourth-order valence-electron chi connectivity index (χ4n) is 2.55. The summed E-state index contributed by atoms with van der Waals surface area (Å²) in [5.41, 5.74) is 3.07. The van der Waals surface area contributed by atoms with Gasteiger partial charge in [0, 0.05) is 17.6 Å². The van der Waals surface area contributed by atoms with Gasteiger partial charge in [-0.25, -0.2) is 0 Å². The van der Waals surface area contributed by atoms with Gasteiger partial charge >= 0.3 is 0 Å². The highest BCUT2D eigenvalue weighted by molar-refractivity contribution is 7.80. The Morgan fingerprint density at radius 3 is 2.76 bits per heavy atom. The number of rotatable bonds is 6. The van der Waals surface area contributed by atoms with Gasteiger partial charge in [0.25, 0.3) is 0 Å². The van der Waals surface area contributed by atoms with Crippen LogP contribution in [0.15, 0.2) is 42.6 Å². The average molecular weight is 356 g/mol. The molecule has 0 radical (unpaired) electrons. The van der Waals surface area contributed by atoms with Gasteiger partial charge in [0.2, 0.25) is 0 Å². The maximum absolute atomic E-state index is 5.35. The van der Waals surface area contributed by atoms with E-state index >= 15 is 0 Å². The van der Waals surface area contributed by atoms with E-state index in [2.05, 4.69) is 20.8 Å². The number of fused-ring (bicyclic) bond motifs is 1. The Balaban J connectivity index is 1.52. The molecule has 0 aliphatic heterocycles. The average Bonchev–Trinajstić information content (AvgIpc) is 3.09. The van der Waals surface area contributed by atoms with Gasteiger partial charge in [0.15, 0.2) is 16.6 Å². The second-order valence-corrected chi connectivity index (χ2v) is 5.90. The van der Waals surface area contributed by atoms with Crippen LogP contribution in [0.3, 0.4) is 0 Å². The Bertz CT molecular complexity index is 878. The molecule has 130 valence electrons. The van der Waals surface area contributed by atoms with E-state index in [0.29, 0.717) is 5.11 Å². The van der Waals surface area contributed by atoms with Crippen molar-refractivity contribution in [1.29, 1.82) is 0 Å². The van der Waals surface area contributed by atoms with Gasteiger partial charge in [-0.1, -0.05) is 6.07 Å². The lowest BCUT2D eigenvalue weighted by Gasteiger charge is -2.12. The van der Waals surface area contributed by atoms with E-state index in [4.69, 9.17) is 21.7 Å². The molecule has 1 heterocycles. The minimum Gasteiger partial charge on any atom is -0.493 e. The summed E-state index contributed by atoms with van der Waals surface area (Å²) in [5, 5.41) is 15.0. The van der Waals surface area contributed by atoms with Crippen molar-refractivity contribution in [3.63, 3.8) is 0 Å². The summed E-state index contributed by atoms with van der Waals surface area (Å²) in [6.07, 6.45) is 2.61. The standard InChI is InChI=1S/C18H20N4O2S/c1-23-16-6-3-12(9-17(16)24-2)7-8-19-18(25)21-14-4-5-15-13(10-14)11-20-22-15/h3-6,9-11H,7-8H2,1-2H3,(H,20,22)(H2,19,21,25). The van der Waals surface area contributed by atoms with Crippen molar-refractivity contribution in [3.8, 4) is 11.5 Å². The first-order chi connectivity index (χ1) is 12.2. The molecule has 6 nitrogen and oxygen atoms in total.